The van der Waals surface area contributed by atoms with Crippen molar-refractivity contribution in [3.05, 3.63) is 40.5 Å². The number of rotatable bonds is 4. The van der Waals surface area contributed by atoms with Crippen LogP contribution in [0.25, 0.3) is 0 Å². The normalized spacial score (nSPS) is 10.5. The number of hydrogen-bond acceptors (Lipinski definition) is 4. The fraction of sp³-hybridized carbons (Fsp3) is 0.250. The highest BCUT2D eigenvalue weighted by Gasteiger charge is 2.04. The zero-order valence-corrected chi connectivity index (χ0v) is 10.2. The maximum absolute atomic E-state index is 6.00. The number of hydrogen-bond donors (Lipinski definition) is 1. The van der Waals surface area contributed by atoms with Gasteiger partial charge in [-0.3, -0.25) is 0 Å². The summed E-state index contributed by atoms with van der Waals surface area (Å²) in [7, 11) is 0. The third-order valence-corrected chi connectivity index (χ3v) is 2.59. The summed E-state index contributed by atoms with van der Waals surface area (Å²) >= 11 is 6.00. The lowest BCUT2D eigenvalue weighted by molar-refractivity contribution is 0.316. The van der Waals surface area contributed by atoms with Gasteiger partial charge in [0.2, 0.25) is 5.88 Å². The Morgan fingerprint density at radius 2 is 2.24 bits per heavy atom. The van der Waals surface area contributed by atoms with E-state index in [1.54, 1.807) is 6.07 Å². The van der Waals surface area contributed by atoms with E-state index in [0.717, 1.165) is 11.3 Å². The molecule has 0 spiro atoms. The van der Waals surface area contributed by atoms with Gasteiger partial charge >= 0.3 is 0 Å². The first kappa shape index (κ1) is 11.8. The topological polar surface area (TPSA) is 61.3 Å². The Bertz CT molecular complexity index is 511. The van der Waals surface area contributed by atoms with Gasteiger partial charge in [-0.2, -0.15) is 0 Å². The maximum atomic E-state index is 6.00. The quantitative estimate of drug-likeness (QED) is 0.909. The predicted octanol–water partition coefficient (Wildman–Crippen LogP) is 2.84. The Hall–Kier alpha value is -1.68. The van der Waals surface area contributed by atoms with Crippen LogP contribution in [0.5, 0.6) is 5.75 Å². The molecule has 90 valence electrons. The molecule has 0 saturated heterocycles. The van der Waals surface area contributed by atoms with Crippen LogP contribution in [0.1, 0.15) is 11.3 Å². The van der Waals surface area contributed by atoms with E-state index >= 15 is 0 Å². The molecule has 0 amide bonds. The van der Waals surface area contributed by atoms with E-state index in [2.05, 4.69) is 5.16 Å². The number of ether oxygens (including phenoxy) is 1. The SMILES string of the molecule is Cc1ccc(Cl)c(OCCc2cc(N)on2)c1. The highest BCUT2D eigenvalue weighted by atomic mass is 35.5. The summed E-state index contributed by atoms with van der Waals surface area (Å²) in [5.74, 6) is 0.997. The molecule has 1 aromatic carbocycles. The number of anilines is 1. The summed E-state index contributed by atoms with van der Waals surface area (Å²) in [4.78, 5) is 0. The molecule has 2 N–H and O–H groups in total. The average molecular weight is 253 g/mol. The molecule has 0 saturated carbocycles. The fourth-order valence-electron chi connectivity index (χ4n) is 1.43. The third kappa shape index (κ3) is 3.14. The molecule has 0 fully saturated rings. The van der Waals surface area contributed by atoms with Gasteiger partial charge in [0, 0.05) is 12.5 Å². The van der Waals surface area contributed by atoms with Crippen LogP contribution < -0.4 is 10.5 Å². The van der Waals surface area contributed by atoms with E-state index in [4.69, 9.17) is 26.6 Å². The molecule has 0 atom stereocenters. The molecule has 17 heavy (non-hydrogen) atoms. The van der Waals surface area contributed by atoms with Crippen molar-refractivity contribution in [2.45, 2.75) is 13.3 Å². The largest absolute Gasteiger partial charge is 0.492 e. The van der Waals surface area contributed by atoms with Crippen molar-refractivity contribution in [1.29, 1.82) is 0 Å². The van der Waals surface area contributed by atoms with Crippen molar-refractivity contribution in [3.63, 3.8) is 0 Å². The molecule has 0 unspecified atom stereocenters. The zero-order valence-electron chi connectivity index (χ0n) is 9.44. The highest BCUT2D eigenvalue weighted by Crippen LogP contribution is 2.25. The second-order valence-electron chi connectivity index (χ2n) is 3.75. The van der Waals surface area contributed by atoms with Gasteiger partial charge in [-0.25, -0.2) is 0 Å². The summed E-state index contributed by atoms with van der Waals surface area (Å²) in [5, 5.41) is 4.38. The van der Waals surface area contributed by atoms with Gasteiger partial charge in [0.25, 0.3) is 0 Å². The lowest BCUT2D eigenvalue weighted by atomic mass is 10.2. The van der Waals surface area contributed by atoms with Gasteiger partial charge in [-0.05, 0) is 24.6 Å². The van der Waals surface area contributed by atoms with E-state index in [9.17, 15) is 0 Å². The Balaban J connectivity index is 1.91. The highest BCUT2D eigenvalue weighted by molar-refractivity contribution is 6.32. The second-order valence-corrected chi connectivity index (χ2v) is 4.16. The lowest BCUT2D eigenvalue weighted by Crippen LogP contribution is -2.02. The molecule has 1 aromatic heterocycles. The van der Waals surface area contributed by atoms with Gasteiger partial charge in [-0.1, -0.05) is 22.8 Å². The molecule has 0 aliphatic carbocycles. The lowest BCUT2D eigenvalue weighted by Gasteiger charge is -2.07. The summed E-state index contributed by atoms with van der Waals surface area (Å²) < 4.78 is 10.3. The number of benzene rings is 1. The Morgan fingerprint density at radius 1 is 1.41 bits per heavy atom. The molecule has 4 nitrogen and oxygen atoms in total. The van der Waals surface area contributed by atoms with Crippen molar-refractivity contribution in [2.24, 2.45) is 0 Å². The van der Waals surface area contributed by atoms with E-state index < -0.39 is 0 Å². The molecule has 0 aliphatic heterocycles. The predicted molar refractivity (Wildman–Crippen MR) is 66.3 cm³/mol. The third-order valence-electron chi connectivity index (χ3n) is 2.28. The van der Waals surface area contributed by atoms with Gasteiger partial charge in [-0.15, -0.1) is 0 Å². The molecule has 0 radical (unpaired) electrons. The van der Waals surface area contributed by atoms with Gasteiger partial charge < -0.3 is 15.0 Å². The fourth-order valence-corrected chi connectivity index (χ4v) is 1.60. The van der Waals surface area contributed by atoms with Crippen molar-refractivity contribution >= 4 is 17.5 Å². The van der Waals surface area contributed by atoms with Crippen molar-refractivity contribution in [2.75, 3.05) is 12.3 Å². The summed E-state index contributed by atoms with van der Waals surface area (Å²) in [6.07, 6.45) is 0.630. The van der Waals surface area contributed by atoms with Gasteiger partial charge in [0.1, 0.15) is 5.75 Å². The Labute approximate surface area is 104 Å². The molecule has 2 aromatic rings. The van der Waals surface area contributed by atoms with Gasteiger partial charge in [0.15, 0.2) is 0 Å². The van der Waals surface area contributed by atoms with E-state index in [0.29, 0.717) is 29.7 Å². The summed E-state index contributed by atoms with van der Waals surface area (Å²) in [6, 6.07) is 7.34. The zero-order chi connectivity index (χ0) is 12.3. The van der Waals surface area contributed by atoms with Crippen molar-refractivity contribution in [1.82, 2.24) is 5.16 Å². The van der Waals surface area contributed by atoms with Crippen LogP contribution in [-0.2, 0) is 6.42 Å². The number of nitrogen functional groups attached to an aromatic ring is 1. The number of aryl methyl sites for hydroxylation is 1. The van der Waals surface area contributed by atoms with Gasteiger partial charge in [0.05, 0.1) is 17.3 Å². The van der Waals surface area contributed by atoms with Crippen molar-refractivity contribution < 1.29 is 9.26 Å². The minimum atomic E-state index is 0.314. The minimum Gasteiger partial charge on any atom is -0.492 e. The molecular weight excluding hydrogens is 240 g/mol. The molecule has 0 bridgehead atoms. The monoisotopic (exact) mass is 252 g/mol. The van der Waals surface area contributed by atoms with Crippen LogP contribution >= 0.6 is 11.6 Å². The number of aromatic nitrogens is 1. The van der Waals surface area contributed by atoms with Crippen LogP contribution in [0.4, 0.5) is 5.88 Å². The van der Waals surface area contributed by atoms with Crippen molar-refractivity contribution in [3.8, 4) is 5.75 Å². The summed E-state index contributed by atoms with van der Waals surface area (Å²) in [5.41, 5.74) is 7.29. The van der Waals surface area contributed by atoms with Crippen LogP contribution in [0, 0.1) is 6.92 Å². The van der Waals surface area contributed by atoms with Crippen LogP contribution in [0.15, 0.2) is 28.8 Å². The smallest absolute Gasteiger partial charge is 0.222 e. The Kier molecular flexibility index (Phi) is 3.54. The first-order valence-corrected chi connectivity index (χ1v) is 5.63. The first-order valence-electron chi connectivity index (χ1n) is 5.25. The van der Waals surface area contributed by atoms with E-state index in [-0.39, 0.29) is 0 Å². The second kappa shape index (κ2) is 5.10. The molecule has 5 heteroatoms. The maximum Gasteiger partial charge on any atom is 0.222 e. The number of halogens is 1. The molecular formula is C12H13ClN2O2. The Morgan fingerprint density at radius 3 is 2.94 bits per heavy atom. The van der Waals surface area contributed by atoms with E-state index in [1.165, 1.54) is 0 Å². The average Bonchev–Trinajstić information content (AvgIpc) is 2.69. The standard InChI is InChI=1S/C12H13ClN2O2/c1-8-2-3-10(13)11(6-8)16-5-4-9-7-12(14)17-15-9/h2-3,6-7H,4-5,14H2,1H3. The van der Waals surface area contributed by atoms with Crippen LogP contribution in [-0.4, -0.2) is 11.8 Å². The van der Waals surface area contributed by atoms with Crippen LogP contribution in [0.3, 0.4) is 0 Å². The number of nitrogens with zero attached hydrogens (tertiary/aromatic N) is 1. The van der Waals surface area contributed by atoms with Crippen LogP contribution in [0.2, 0.25) is 5.02 Å². The minimum absolute atomic E-state index is 0.314. The molecule has 2 rings (SSSR count). The number of nitrogens with two attached hydrogens (primary N) is 1. The molecule has 0 aliphatic rings. The summed E-state index contributed by atoms with van der Waals surface area (Å²) in [6.45, 7) is 2.47. The molecule has 1 heterocycles. The first-order chi connectivity index (χ1) is 8.15. The van der Waals surface area contributed by atoms with E-state index in [1.807, 2.05) is 25.1 Å².